The Balaban J connectivity index is 1.74. The molecule has 5 N–H and O–H groups in total. The van der Waals surface area contributed by atoms with Crippen molar-refractivity contribution in [2.24, 2.45) is 11.3 Å². The van der Waals surface area contributed by atoms with Crippen molar-refractivity contribution >= 4 is 55.3 Å². The maximum absolute atomic E-state index is 13.3. The molecule has 0 fully saturated rings. The van der Waals surface area contributed by atoms with Crippen LogP contribution >= 0.6 is 22.7 Å². The van der Waals surface area contributed by atoms with Gasteiger partial charge in [-0.2, -0.15) is 10.5 Å². The number of carbonyl (C=O) groups is 1. The lowest BCUT2D eigenvalue weighted by atomic mass is 9.72. The van der Waals surface area contributed by atoms with E-state index < -0.39 is 0 Å². The maximum atomic E-state index is 13.3. The van der Waals surface area contributed by atoms with Crippen LogP contribution in [0.25, 0.3) is 10.2 Å². The van der Waals surface area contributed by atoms with Gasteiger partial charge in [0, 0.05) is 10.3 Å². The van der Waals surface area contributed by atoms with Crippen molar-refractivity contribution in [2.45, 2.75) is 59.8 Å². The number of carbonyl (C=O) groups excluding carboxylic acids is 1. The van der Waals surface area contributed by atoms with E-state index in [0.29, 0.717) is 42.7 Å². The largest absolute Gasteiger partial charge is 0.397 e. The van der Waals surface area contributed by atoms with Crippen molar-refractivity contribution in [3.05, 3.63) is 32.0 Å². The Bertz CT molecular complexity index is 1390. The molecule has 3 aromatic rings. The summed E-state index contributed by atoms with van der Waals surface area (Å²) >= 11 is 2.64. The second kappa shape index (κ2) is 8.57. The fourth-order valence-corrected chi connectivity index (χ4v) is 7.04. The quantitative estimate of drug-likeness (QED) is 0.422. The molecule has 0 spiro atoms. The zero-order chi connectivity index (χ0) is 24.9. The van der Waals surface area contributed by atoms with Crippen LogP contribution in [-0.2, 0) is 12.8 Å². The number of nitrogen functional groups attached to an aromatic ring is 2. The molecule has 1 amide bonds. The van der Waals surface area contributed by atoms with Gasteiger partial charge in [0.05, 0.1) is 16.8 Å². The minimum atomic E-state index is -0.380. The highest BCUT2D eigenvalue weighted by Gasteiger charge is 2.33. The Morgan fingerprint density at radius 2 is 1.85 bits per heavy atom. The second-order valence-corrected chi connectivity index (χ2v) is 12.3. The highest BCUT2D eigenvalue weighted by atomic mass is 32.1. The van der Waals surface area contributed by atoms with Gasteiger partial charge in [0.2, 0.25) is 0 Å². The van der Waals surface area contributed by atoms with Crippen LogP contribution in [0.15, 0.2) is 0 Å². The van der Waals surface area contributed by atoms with E-state index in [1.54, 1.807) is 0 Å². The molecule has 0 radical (unpaired) electrons. The zero-order valence-electron chi connectivity index (χ0n) is 20.0. The number of amides is 1. The smallest absolute Gasteiger partial charge is 0.268 e. The third kappa shape index (κ3) is 3.89. The molecule has 4 rings (SSSR count). The summed E-state index contributed by atoms with van der Waals surface area (Å²) in [6.45, 7) is 10.6. The van der Waals surface area contributed by atoms with Gasteiger partial charge in [-0.3, -0.25) is 4.79 Å². The van der Waals surface area contributed by atoms with Crippen molar-refractivity contribution in [1.82, 2.24) is 4.98 Å². The summed E-state index contributed by atoms with van der Waals surface area (Å²) in [4.78, 5) is 19.7. The van der Waals surface area contributed by atoms with Crippen LogP contribution in [0.4, 0.5) is 16.5 Å². The molecule has 176 valence electrons. The number of fused-ring (bicyclic) bond motifs is 2. The first kappa shape index (κ1) is 24.0. The van der Waals surface area contributed by atoms with E-state index in [0.717, 1.165) is 36.2 Å². The van der Waals surface area contributed by atoms with Gasteiger partial charge >= 0.3 is 0 Å². The van der Waals surface area contributed by atoms with Gasteiger partial charge in [0.25, 0.3) is 5.91 Å². The third-order valence-corrected chi connectivity index (χ3v) is 8.94. The molecular formula is C25H28N6OS2. The van der Waals surface area contributed by atoms with Crippen molar-refractivity contribution in [2.75, 3.05) is 16.8 Å². The van der Waals surface area contributed by atoms with Gasteiger partial charge in [0.15, 0.2) is 0 Å². The molecule has 1 atom stereocenters. The molecule has 7 nitrogen and oxygen atoms in total. The van der Waals surface area contributed by atoms with E-state index in [9.17, 15) is 15.3 Å². The van der Waals surface area contributed by atoms with Crippen LogP contribution in [-0.4, -0.2) is 10.9 Å². The van der Waals surface area contributed by atoms with E-state index in [-0.39, 0.29) is 28.7 Å². The fraction of sp³-hybridized carbons (Fsp3) is 0.440. The summed E-state index contributed by atoms with van der Waals surface area (Å²) in [5.74, 6) is 0.264. The van der Waals surface area contributed by atoms with Gasteiger partial charge in [-0.25, -0.2) is 4.98 Å². The number of pyridine rings is 1. The predicted octanol–water partition coefficient (Wildman–Crippen LogP) is 5.79. The van der Waals surface area contributed by atoms with Crippen LogP contribution in [0, 0.1) is 34.0 Å². The molecule has 1 unspecified atom stereocenters. The number of nitriles is 2. The molecule has 0 aromatic carbocycles. The highest BCUT2D eigenvalue weighted by Crippen LogP contribution is 2.45. The van der Waals surface area contributed by atoms with Crippen LogP contribution in [0.5, 0.6) is 0 Å². The molecular weight excluding hydrogens is 464 g/mol. The molecule has 0 saturated carbocycles. The Labute approximate surface area is 207 Å². The number of aromatic nitrogens is 1. The average Bonchev–Trinajstić information content (AvgIpc) is 3.27. The lowest BCUT2D eigenvalue weighted by molar-refractivity contribution is 0.103. The Hall–Kier alpha value is -3.14. The number of hydrogen-bond donors (Lipinski definition) is 3. The van der Waals surface area contributed by atoms with E-state index in [4.69, 9.17) is 11.5 Å². The SMILES string of the molecule is CC(C)c1c(C#N)c(N)nc2sc(C(=O)Nc3sc4c(c3C#N)CCC(C(C)(C)C)C4)c(N)c12. The number of rotatable bonds is 3. The lowest BCUT2D eigenvalue weighted by Gasteiger charge is -2.33. The molecule has 0 saturated heterocycles. The van der Waals surface area contributed by atoms with Crippen molar-refractivity contribution in [1.29, 1.82) is 10.5 Å². The predicted molar refractivity (Wildman–Crippen MR) is 139 cm³/mol. The summed E-state index contributed by atoms with van der Waals surface area (Å²) in [5.41, 5.74) is 15.6. The van der Waals surface area contributed by atoms with E-state index in [1.807, 2.05) is 13.8 Å². The second-order valence-electron chi connectivity index (χ2n) is 10.2. The van der Waals surface area contributed by atoms with Crippen LogP contribution in [0.1, 0.15) is 83.8 Å². The van der Waals surface area contributed by atoms with Gasteiger partial charge in [-0.15, -0.1) is 22.7 Å². The van der Waals surface area contributed by atoms with Gasteiger partial charge in [-0.05, 0) is 47.6 Å². The molecule has 3 heterocycles. The van der Waals surface area contributed by atoms with Gasteiger partial charge < -0.3 is 16.8 Å². The first-order valence-electron chi connectivity index (χ1n) is 11.2. The van der Waals surface area contributed by atoms with E-state index in [2.05, 4.69) is 43.2 Å². The summed E-state index contributed by atoms with van der Waals surface area (Å²) in [6, 6.07) is 4.43. The van der Waals surface area contributed by atoms with Gasteiger partial charge in [0.1, 0.15) is 32.7 Å². The summed E-state index contributed by atoms with van der Waals surface area (Å²) in [5, 5.41) is 23.6. The molecule has 0 bridgehead atoms. The minimum Gasteiger partial charge on any atom is -0.397 e. The fourth-order valence-electron chi connectivity index (χ4n) is 4.75. The molecule has 34 heavy (non-hydrogen) atoms. The van der Waals surface area contributed by atoms with Crippen LogP contribution < -0.4 is 16.8 Å². The Morgan fingerprint density at radius 1 is 1.18 bits per heavy atom. The molecule has 3 aromatic heterocycles. The number of thiophene rings is 2. The topological polar surface area (TPSA) is 142 Å². The highest BCUT2D eigenvalue weighted by molar-refractivity contribution is 7.21. The number of anilines is 3. The molecule has 1 aliphatic rings. The number of hydrogen-bond acceptors (Lipinski definition) is 8. The zero-order valence-corrected chi connectivity index (χ0v) is 21.6. The Morgan fingerprint density at radius 3 is 2.44 bits per heavy atom. The van der Waals surface area contributed by atoms with Crippen LogP contribution in [0.3, 0.4) is 0 Å². The number of nitrogens with one attached hydrogen (secondary N) is 1. The van der Waals surface area contributed by atoms with Crippen molar-refractivity contribution in [3.63, 3.8) is 0 Å². The first-order valence-corrected chi connectivity index (χ1v) is 12.9. The number of nitrogens with two attached hydrogens (primary N) is 2. The van der Waals surface area contributed by atoms with Gasteiger partial charge in [-0.1, -0.05) is 34.6 Å². The Kier molecular flexibility index (Phi) is 6.05. The van der Waals surface area contributed by atoms with Crippen molar-refractivity contribution in [3.8, 4) is 12.1 Å². The van der Waals surface area contributed by atoms with E-state index >= 15 is 0 Å². The van der Waals surface area contributed by atoms with Crippen LogP contribution in [0.2, 0.25) is 0 Å². The monoisotopic (exact) mass is 492 g/mol. The van der Waals surface area contributed by atoms with E-state index in [1.165, 1.54) is 16.2 Å². The maximum Gasteiger partial charge on any atom is 0.268 e. The summed E-state index contributed by atoms with van der Waals surface area (Å²) < 4.78 is 0. The normalized spacial score (nSPS) is 15.7. The molecule has 9 heteroatoms. The summed E-state index contributed by atoms with van der Waals surface area (Å²) in [6.07, 6.45) is 2.79. The first-order chi connectivity index (χ1) is 16.0. The lowest BCUT2D eigenvalue weighted by Crippen LogP contribution is -2.26. The third-order valence-electron chi connectivity index (χ3n) is 6.67. The van der Waals surface area contributed by atoms with Crippen molar-refractivity contribution < 1.29 is 4.79 Å². The molecule has 1 aliphatic carbocycles. The number of nitrogens with zero attached hydrogens (tertiary/aromatic N) is 3. The standard InChI is InChI=1S/C25H28N6OS2/c1-11(2)17-15(10-27)21(29)30-24-18(17)19(28)20(34-24)22(32)31-23-14(9-26)13-7-6-12(25(3,4)5)8-16(13)33-23/h11-12H,6-8,28H2,1-5H3,(H2,29,30)(H,31,32). The summed E-state index contributed by atoms with van der Waals surface area (Å²) in [7, 11) is 0. The molecule has 0 aliphatic heterocycles. The average molecular weight is 493 g/mol. The minimum absolute atomic E-state index is 0.0276.